The molecule has 1 aromatic carbocycles. The predicted molar refractivity (Wildman–Crippen MR) is 133 cm³/mol. The van der Waals surface area contributed by atoms with Crippen molar-refractivity contribution in [2.75, 3.05) is 23.9 Å². The predicted octanol–water partition coefficient (Wildman–Crippen LogP) is 4.13. The minimum absolute atomic E-state index is 0.0279. The molecule has 4 saturated carbocycles. The fourth-order valence-electron chi connectivity index (χ4n) is 6.90. The molecule has 12 heteroatoms. The van der Waals surface area contributed by atoms with E-state index >= 15 is 0 Å². The van der Waals surface area contributed by atoms with Gasteiger partial charge in [-0.1, -0.05) is 11.6 Å². The van der Waals surface area contributed by atoms with E-state index in [2.05, 4.69) is 21.2 Å². The van der Waals surface area contributed by atoms with E-state index in [4.69, 9.17) is 17.3 Å². The molecule has 0 radical (unpaired) electrons. The molecule has 2 amide bonds. The number of hydrogen-bond donors (Lipinski definition) is 4. The Labute approximate surface area is 213 Å². The molecule has 188 valence electrons. The minimum Gasteiger partial charge on any atom is -0.369 e. The van der Waals surface area contributed by atoms with Crippen molar-refractivity contribution in [3.05, 3.63) is 27.4 Å². The molecule has 2 atom stereocenters. The maximum atomic E-state index is 13.7. The lowest BCUT2D eigenvalue weighted by Crippen LogP contribution is -2.62. The summed E-state index contributed by atoms with van der Waals surface area (Å²) in [6.07, 6.45) is 4.83. The van der Waals surface area contributed by atoms with E-state index in [1.54, 1.807) is 0 Å². The fraction of sp³-hybridized carbons (Fsp3) is 0.636. The number of benzene rings is 1. The van der Waals surface area contributed by atoms with Crippen LogP contribution in [-0.2, 0) is 9.59 Å². The summed E-state index contributed by atoms with van der Waals surface area (Å²) in [5.74, 6) is -0.120. The smallest absolute Gasteiger partial charge is 0.236 e. The maximum Gasteiger partial charge on any atom is 0.236 e. The average Bonchev–Trinajstić information content (AvgIpc) is 2.72. The third kappa shape index (κ3) is 4.12. The van der Waals surface area contributed by atoms with Crippen molar-refractivity contribution >= 4 is 56.0 Å². The van der Waals surface area contributed by atoms with Crippen LogP contribution in [0.5, 0.6) is 0 Å². The van der Waals surface area contributed by atoms with Gasteiger partial charge in [0.1, 0.15) is 5.82 Å². The molecule has 5 fully saturated rings. The van der Waals surface area contributed by atoms with Crippen LogP contribution < -0.4 is 15.4 Å². The van der Waals surface area contributed by atoms with Crippen LogP contribution in [0.15, 0.2) is 16.6 Å². The molecule has 4 bridgehead atoms. The number of carbonyl (C=O) groups excluding carboxylic acids is 2. The molecule has 0 spiro atoms. The number of carbonyl (C=O) groups is 2. The van der Waals surface area contributed by atoms with Gasteiger partial charge in [-0.05, 0) is 95.3 Å². The topological polar surface area (TPSA) is 119 Å². The van der Waals surface area contributed by atoms with E-state index in [1.165, 1.54) is 14.7 Å². The Hall–Kier alpha value is -1.11. The molecule has 5 aliphatic rings. The summed E-state index contributed by atoms with van der Waals surface area (Å²) in [7, 11) is -3.54. The van der Waals surface area contributed by atoms with Gasteiger partial charge in [0.05, 0.1) is 17.3 Å². The quantitative estimate of drug-likeness (QED) is 0.417. The number of amides is 2. The van der Waals surface area contributed by atoms with E-state index in [0.29, 0.717) is 42.7 Å². The largest absolute Gasteiger partial charge is 0.369 e. The number of hydrogen-bond acceptors (Lipinski definition) is 6. The van der Waals surface area contributed by atoms with E-state index < -0.39 is 22.2 Å². The van der Waals surface area contributed by atoms with Crippen LogP contribution >= 0.6 is 38.5 Å². The van der Waals surface area contributed by atoms with Crippen molar-refractivity contribution in [1.82, 2.24) is 9.62 Å². The van der Waals surface area contributed by atoms with Crippen molar-refractivity contribution in [3.8, 4) is 0 Å². The number of primary amides is 1. The van der Waals surface area contributed by atoms with Crippen LogP contribution in [0.1, 0.15) is 38.5 Å². The highest BCUT2D eigenvalue weighted by Gasteiger charge is 2.58. The van der Waals surface area contributed by atoms with Gasteiger partial charge in [0.25, 0.3) is 0 Å². The molecular weight excluding hydrogens is 551 g/mol. The highest BCUT2D eigenvalue weighted by atomic mass is 79.9. The van der Waals surface area contributed by atoms with E-state index in [0.717, 1.165) is 25.3 Å². The van der Waals surface area contributed by atoms with Gasteiger partial charge in [-0.15, -0.1) is 0 Å². The summed E-state index contributed by atoms with van der Waals surface area (Å²) < 4.78 is 38.9. The van der Waals surface area contributed by atoms with Gasteiger partial charge >= 0.3 is 0 Å². The summed E-state index contributed by atoms with van der Waals surface area (Å²) in [6, 6.07) is 2.31. The Morgan fingerprint density at radius 1 is 1.24 bits per heavy atom. The number of nitrogens with one attached hydrogen (secondary N) is 1. The van der Waals surface area contributed by atoms with Crippen LogP contribution in [0.4, 0.5) is 10.1 Å². The highest BCUT2D eigenvalue weighted by molar-refractivity contribution is 9.10. The molecule has 1 heterocycles. The van der Waals surface area contributed by atoms with Crippen molar-refractivity contribution in [1.29, 1.82) is 0 Å². The summed E-state index contributed by atoms with van der Waals surface area (Å²) in [4.78, 5) is 25.2. The van der Waals surface area contributed by atoms with E-state index in [-0.39, 0.29) is 46.9 Å². The molecule has 1 aliphatic heterocycles. The number of rotatable bonds is 5. The van der Waals surface area contributed by atoms with Gasteiger partial charge in [0, 0.05) is 29.0 Å². The number of nitrogens with zero attached hydrogens (tertiary/aromatic N) is 2. The lowest BCUT2D eigenvalue weighted by Gasteiger charge is -2.59. The average molecular weight is 580 g/mol. The number of nitrogens with two attached hydrogens (primary N) is 1. The molecule has 0 aromatic heterocycles. The first-order valence-corrected chi connectivity index (χ1v) is 14.2. The first kappa shape index (κ1) is 24.6. The first-order chi connectivity index (χ1) is 16.0. The van der Waals surface area contributed by atoms with Crippen LogP contribution in [0.2, 0.25) is 5.02 Å². The first-order valence-electron chi connectivity index (χ1n) is 11.5. The Balaban J connectivity index is 1.29. The third-order valence-corrected chi connectivity index (χ3v) is 10.9. The van der Waals surface area contributed by atoms with Gasteiger partial charge < -0.3 is 11.1 Å². The van der Waals surface area contributed by atoms with E-state index in [9.17, 15) is 23.1 Å². The zero-order valence-electron chi connectivity index (χ0n) is 18.6. The zero-order valence-corrected chi connectivity index (χ0v) is 21.7. The summed E-state index contributed by atoms with van der Waals surface area (Å²) >= 11 is 9.50. The number of anilines is 1. The Morgan fingerprint density at radius 3 is 2.53 bits per heavy atom. The molecule has 6 rings (SSSR count). The zero-order chi connectivity index (χ0) is 24.4. The van der Waals surface area contributed by atoms with Crippen molar-refractivity contribution in [2.45, 2.75) is 44.6 Å². The third-order valence-electron chi connectivity index (χ3n) is 8.09. The SMILES string of the molecule is NC(=O)C12CC3CC(C1)C(NC(=O)CN1CCCN(c4c(Cl)cc(F)cc4Br)S1(O)O)C(C3)C2. The second-order valence-electron chi connectivity index (χ2n) is 10.2. The molecule has 5 N–H and O–H groups in total. The van der Waals surface area contributed by atoms with Gasteiger partial charge in [-0.25, -0.2) is 4.39 Å². The fourth-order valence-corrected chi connectivity index (χ4v) is 9.90. The molecular formula is C22H29BrClFN4O4S. The highest BCUT2D eigenvalue weighted by Crippen LogP contribution is 2.60. The normalized spacial score (nSPS) is 35.3. The van der Waals surface area contributed by atoms with E-state index in [1.807, 2.05) is 0 Å². The van der Waals surface area contributed by atoms with Crippen molar-refractivity contribution < 1.29 is 23.1 Å². The van der Waals surface area contributed by atoms with Crippen LogP contribution in [0.25, 0.3) is 0 Å². The van der Waals surface area contributed by atoms with Crippen molar-refractivity contribution in [3.63, 3.8) is 0 Å². The second kappa shape index (κ2) is 8.77. The lowest BCUT2D eigenvalue weighted by molar-refractivity contribution is -0.147. The Bertz CT molecular complexity index is 994. The number of halogens is 3. The molecule has 8 nitrogen and oxygen atoms in total. The van der Waals surface area contributed by atoms with Gasteiger partial charge in [-0.2, -0.15) is 4.31 Å². The Kier molecular flexibility index (Phi) is 6.34. The van der Waals surface area contributed by atoms with Crippen molar-refractivity contribution in [2.24, 2.45) is 28.9 Å². The monoisotopic (exact) mass is 578 g/mol. The van der Waals surface area contributed by atoms with Crippen LogP contribution in [0.3, 0.4) is 0 Å². The molecule has 1 saturated heterocycles. The maximum absolute atomic E-state index is 13.7. The Morgan fingerprint density at radius 2 is 1.91 bits per heavy atom. The van der Waals surface area contributed by atoms with Gasteiger partial charge in [-0.3, -0.25) is 23.0 Å². The molecule has 1 aromatic rings. The summed E-state index contributed by atoms with van der Waals surface area (Å²) in [6.45, 7) is 0.441. The lowest BCUT2D eigenvalue weighted by atomic mass is 9.47. The summed E-state index contributed by atoms with van der Waals surface area (Å²) in [5.41, 5.74) is 5.61. The van der Waals surface area contributed by atoms with Gasteiger partial charge in [0.2, 0.25) is 11.8 Å². The van der Waals surface area contributed by atoms with Crippen LogP contribution in [0, 0.1) is 29.0 Å². The summed E-state index contributed by atoms with van der Waals surface area (Å²) in [5, 5.41) is 3.19. The molecule has 4 aliphatic carbocycles. The second-order valence-corrected chi connectivity index (χ2v) is 13.4. The molecule has 2 unspecified atom stereocenters. The van der Waals surface area contributed by atoms with Gasteiger partial charge in [0.15, 0.2) is 0 Å². The van der Waals surface area contributed by atoms with Crippen LogP contribution in [-0.4, -0.2) is 50.9 Å². The molecule has 34 heavy (non-hydrogen) atoms. The minimum atomic E-state index is -3.54. The standard InChI is InChI=1S/C22H29BrClFN4O4S/c23-16-6-15(25)7-17(24)20(16)29-3-1-2-28(34(29,32)33)11-18(30)27-19-13-4-12-5-14(19)10-22(8-12,9-13)21(26)31/h6-7,12-14,19,32-33H,1-5,8-11H2,(H2,26,31)(H,27,30).